The molecule has 0 radical (unpaired) electrons. The second kappa shape index (κ2) is 5.79. The molecule has 1 heterocycles. The maximum absolute atomic E-state index is 9.19. The fourth-order valence-corrected chi connectivity index (χ4v) is 1.98. The zero-order chi connectivity index (χ0) is 13.8. The number of methoxy groups -OCH3 is 1. The van der Waals surface area contributed by atoms with Crippen LogP contribution < -0.4 is 0 Å². The largest absolute Gasteiger partial charge is 0.380 e. The van der Waals surface area contributed by atoms with Gasteiger partial charge in [0.1, 0.15) is 11.5 Å². The van der Waals surface area contributed by atoms with Crippen LogP contribution in [0.15, 0.2) is 24.5 Å². The molecule has 0 amide bonds. The lowest BCUT2D eigenvalue weighted by Crippen LogP contribution is -1.97. The Morgan fingerprint density at radius 2 is 2.11 bits per heavy atom. The molecule has 1 aromatic carbocycles. The summed E-state index contributed by atoms with van der Waals surface area (Å²) in [6, 6.07) is 7.61. The van der Waals surface area contributed by atoms with Gasteiger partial charge >= 0.3 is 0 Å². The van der Waals surface area contributed by atoms with Crippen LogP contribution in [-0.2, 0) is 11.3 Å². The molecule has 0 unspecified atom stereocenters. The number of rotatable bonds is 3. The monoisotopic (exact) mass is 273 g/mol. The number of hydrogen-bond acceptors (Lipinski definition) is 4. The van der Waals surface area contributed by atoms with E-state index in [9.17, 15) is 5.26 Å². The minimum Gasteiger partial charge on any atom is -0.380 e. The highest BCUT2D eigenvalue weighted by Crippen LogP contribution is 2.25. The molecule has 0 atom stereocenters. The van der Waals surface area contributed by atoms with Crippen LogP contribution in [0, 0.1) is 18.3 Å². The van der Waals surface area contributed by atoms with Crippen molar-refractivity contribution >= 4 is 11.6 Å². The molecule has 0 spiro atoms. The van der Waals surface area contributed by atoms with Crippen LogP contribution in [0.25, 0.3) is 11.3 Å². The summed E-state index contributed by atoms with van der Waals surface area (Å²) >= 11 is 5.86. The summed E-state index contributed by atoms with van der Waals surface area (Å²) in [5.41, 5.74) is 4.02. The van der Waals surface area contributed by atoms with E-state index in [0.717, 1.165) is 16.7 Å². The van der Waals surface area contributed by atoms with Gasteiger partial charge in [-0.15, -0.1) is 0 Å². The summed E-state index contributed by atoms with van der Waals surface area (Å²) < 4.78 is 5.15. The van der Waals surface area contributed by atoms with Crippen molar-refractivity contribution in [2.24, 2.45) is 0 Å². The maximum atomic E-state index is 9.19. The van der Waals surface area contributed by atoms with Gasteiger partial charge in [-0.1, -0.05) is 11.6 Å². The summed E-state index contributed by atoms with van der Waals surface area (Å²) in [6.45, 7) is 2.36. The van der Waals surface area contributed by atoms with Crippen LogP contribution in [-0.4, -0.2) is 17.1 Å². The van der Waals surface area contributed by atoms with Crippen molar-refractivity contribution in [3.8, 4) is 17.3 Å². The van der Waals surface area contributed by atoms with Gasteiger partial charge < -0.3 is 4.74 Å². The highest BCUT2D eigenvalue weighted by Gasteiger charge is 2.09. The molecule has 2 rings (SSSR count). The summed E-state index contributed by atoms with van der Waals surface area (Å²) in [5.74, 6) is 0. The first-order chi connectivity index (χ1) is 9.15. The standard InChI is InChI=1S/C14H12ClN3O/c1-9-11(6-16)3-10(4-12(9)7-19-2)13-5-14(15)18-8-17-13/h3-5,8H,7H2,1-2H3. The van der Waals surface area contributed by atoms with E-state index in [1.165, 1.54) is 6.33 Å². The number of benzene rings is 1. The molecule has 2 aromatic rings. The van der Waals surface area contributed by atoms with Gasteiger partial charge in [-0.2, -0.15) is 5.26 Å². The number of halogens is 1. The summed E-state index contributed by atoms with van der Waals surface area (Å²) in [4.78, 5) is 8.02. The van der Waals surface area contributed by atoms with E-state index in [2.05, 4.69) is 16.0 Å². The van der Waals surface area contributed by atoms with Crippen molar-refractivity contribution < 1.29 is 4.74 Å². The molecule has 0 saturated carbocycles. The van der Waals surface area contributed by atoms with Crippen molar-refractivity contribution in [2.75, 3.05) is 7.11 Å². The van der Waals surface area contributed by atoms with Gasteiger partial charge in [-0.3, -0.25) is 0 Å². The first kappa shape index (κ1) is 13.5. The molecule has 1 aromatic heterocycles. The number of aromatic nitrogens is 2. The molecule has 0 bridgehead atoms. The molecule has 0 N–H and O–H groups in total. The fraction of sp³-hybridized carbons (Fsp3) is 0.214. The third-order valence-corrected chi connectivity index (χ3v) is 3.07. The second-order valence-electron chi connectivity index (χ2n) is 4.08. The Morgan fingerprint density at radius 3 is 2.74 bits per heavy atom. The van der Waals surface area contributed by atoms with E-state index in [0.29, 0.717) is 23.0 Å². The summed E-state index contributed by atoms with van der Waals surface area (Å²) in [7, 11) is 1.62. The molecule has 96 valence electrons. The lowest BCUT2D eigenvalue weighted by Gasteiger charge is -2.10. The molecule has 0 saturated heterocycles. The molecule has 4 nitrogen and oxygen atoms in total. The molecule has 0 fully saturated rings. The number of nitrogens with zero attached hydrogens (tertiary/aromatic N) is 3. The van der Waals surface area contributed by atoms with E-state index < -0.39 is 0 Å². The Balaban J connectivity index is 2.58. The van der Waals surface area contributed by atoms with Gasteiger partial charge in [-0.25, -0.2) is 9.97 Å². The molecule has 19 heavy (non-hydrogen) atoms. The second-order valence-corrected chi connectivity index (χ2v) is 4.47. The van der Waals surface area contributed by atoms with Gasteiger partial charge in [0.2, 0.25) is 0 Å². The van der Waals surface area contributed by atoms with Crippen LogP contribution in [0.1, 0.15) is 16.7 Å². The Kier molecular flexibility index (Phi) is 4.10. The van der Waals surface area contributed by atoms with Crippen LogP contribution in [0.3, 0.4) is 0 Å². The zero-order valence-corrected chi connectivity index (χ0v) is 11.4. The normalized spacial score (nSPS) is 10.2. The third kappa shape index (κ3) is 2.90. The van der Waals surface area contributed by atoms with Crippen LogP contribution in [0.4, 0.5) is 0 Å². The average Bonchev–Trinajstić information content (AvgIpc) is 2.41. The number of hydrogen-bond donors (Lipinski definition) is 0. The fourth-order valence-electron chi connectivity index (χ4n) is 1.84. The van der Waals surface area contributed by atoms with Gasteiger partial charge in [0, 0.05) is 18.7 Å². The smallest absolute Gasteiger partial charge is 0.133 e. The molecule has 0 aliphatic heterocycles. The van der Waals surface area contributed by atoms with E-state index >= 15 is 0 Å². The Morgan fingerprint density at radius 1 is 1.32 bits per heavy atom. The molecule has 0 aliphatic rings. The number of nitriles is 1. The minimum atomic E-state index is 0.373. The first-order valence-electron chi connectivity index (χ1n) is 5.66. The predicted molar refractivity (Wildman–Crippen MR) is 72.6 cm³/mol. The first-order valence-corrected chi connectivity index (χ1v) is 6.04. The van der Waals surface area contributed by atoms with Crippen molar-refractivity contribution in [3.05, 3.63) is 46.4 Å². The third-order valence-electron chi connectivity index (χ3n) is 2.87. The van der Waals surface area contributed by atoms with E-state index in [-0.39, 0.29) is 0 Å². The molecule has 5 heteroatoms. The van der Waals surface area contributed by atoms with Crippen molar-refractivity contribution in [3.63, 3.8) is 0 Å². The van der Waals surface area contributed by atoms with E-state index in [1.807, 2.05) is 13.0 Å². The zero-order valence-electron chi connectivity index (χ0n) is 10.6. The van der Waals surface area contributed by atoms with Crippen molar-refractivity contribution in [2.45, 2.75) is 13.5 Å². The SMILES string of the molecule is COCc1cc(-c2cc(Cl)ncn2)cc(C#N)c1C. The highest BCUT2D eigenvalue weighted by atomic mass is 35.5. The summed E-state index contributed by atoms with van der Waals surface area (Å²) in [5, 5.41) is 9.56. The Hall–Kier alpha value is -1.96. The molecular weight excluding hydrogens is 262 g/mol. The van der Waals surface area contributed by atoms with E-state index in [1.54, 1.807) is 19.2 Å². The lowest BCUT2D eigenvalue weighted by molar-refractivity contribution is 0.184. The van der Waals surface area contributed by atoms with Gasteiger partial charge in [0.25, 0.3) is 0 Å². The topological polar surface area (TPSA) is 58.8 Å². The van der Waals surface area contributed by atoms with Crippen LogP contribution in [0.5, 0.6) is 0 Å². The molecular formula is C14H12ClN3O. The highest BCUT2D eigenvalue weighted by molar-refractivity contribution is 6.29. The quantitative estimate of drug-likeness (QED) is 0.806. The number of ether oxygens (including phenoxy) is 1. The van der Waals surface area contributed by atoms with Gasteiger partial charge in [0.15, 0.2) is 0 Å². The van der Waals surface area contributed by atoms with Crippen molar-refractivity contribution in [1.29, 1.82) is 5.26 Å². The average molecular weight is 274 g/mol. The summed E-state index contributed by atoms with van der Waals surface area (Å²) in [6.07, 6.45) is 1.40. The van der Waals surface area contributed by atoms with Gasteiger partial charge in [-0.05, 0) is 30.2 Å². The molecule has 0 aliphatic carbocycles. The van der Waals surface area contributed by atoms with Crippen LogP contribution in [0.2, 0.25) is 5.15 Å². The predicted octanol–water partition coefficient (Wildman–Crippen LogP) is 3.12. The van der Waals surface area contributed by atoms with Gasteiger partial charge in [0.05, 0.1) is 23.9 Å². The van der Waals surface area contributed by atoms with E-state index in [4.69, 9.17) is 16.3 Å². The lowest BCUT2D eigenvalue weighted by atomic mass is 9.98. The maximum Gasteiger partial charge on any atom is 0.133 e. The minimum absolute atomic E-state index is 0.373. The van der Waals surface area contributed by atoms with Crippen molar-refractivity contribution in [1.82, 2.24) is 9.97 Å². The Bertz CT molecular complexity index is 650. The van der Waals surface area contributed by atoms with Crippen LogP contribution >= 0.6 is 11.6 Å². The Labute approximate surface area is 116 Å².